The molecule has 0 spiro atoms. The van der Waals surface area contributed by atoms with Crippen molar-refractivity contribution in [1.82, 2.24) is 9.88 Å². The third-order valence-corrected chi connectivity index (χ3v) is 5.98. The van der Waals surface area contributed by atoms with Crippen molar-refractivity contribution >= 4 is 11.9 Å². The fourth-order valence-corrected chi connectivity index (χ4v) is 4.75. The minimum absolute atomic E-state index is 0.0967. The van der Waals surface area contributed by atoms with Gasteiger partial charge in [0.05, 0.1) is 5.56 Å². The second-order valence-corrected chi connectivity index (χ2v) is 7.50. The summed E-state index contributed by atoms with van der Waals surface area (Å²) in [6.45, 7) is 0.542. The zero-order valence-corrected chi connectivity index (χ0v) is 14.3. The quantitative estimate of drug-likeness (QED) is 0.908. The first-order chi connectivity index (χ1) is 12.1. The number of carbonyl (C=O) groups excluding carboxylic acids is 1. The maximum atomic E-state index is 12.8. The predicted molar refractivity (Wildman–Crippen MR) is 90.4 cm³/mol. The summed E-state index contributed by atoms with van der Waals surface area (Å²) in [4.78, 5) is 30.3. The van der Waals surface area contributed by atoms with Crippen molar-refractivity contribution in [2.45, 2.75) is 57.1 Å². The Morgan fingerprint density at radius 1 is 1.12 bits per heavy atom. The molecule has 1 N–H and O–H groups in total. The number of likely N-dealkylation sites (tertiary alicyclic amines) is 1. The average molecular weight is 344 g/mol. The van der Waals surface area contributed by atoms with E-state index < -0.39 is 12.0 Å². The number of amides is 1. The highest BCUT2D eigenvalue weighted by Gasteiger charge is 2.49. The lowest BCUT2D eigenvalue weighted by Gasteiger charge is -2.24. The van der Waals surface area contributed by atoms with Gasteiger partial charge in [0.1, 0.15) is 12.1 Å². The number of carbonyl (C=O) groups is 2. The number of fused-ring (bicyclic) bond motifs is 1. The maximum Gasteiger partial charge on any atom is 0.326 e. The lowest BCUT2D eigenvalue weighted by Crippen LogP contribution is -2.43. The van der Waals surface area contributed by atoms with Gasteiger partial charge in [-0.15, -0.1) is 0 Å². The number of aliphatic carboxylic acids is 1. The van der Waals surface area contributed by atoms with E-state index in [2.05, 4.69) is 4.98 Å². The molecule has 0 aromatic carbocycles. The molecule has 134 valence electrons. The summed E-state index contributed by atoms with van der Waals surface area (Å²) in [5, 5.41) is 9.60. The van der Waals surface area contributed by atoms with Crippen molar-refractivity contribution in [1.29, 1.82) is 0 Å². The molecule has 2 saturated carbocycles. The first-order valence-corrected chi connectivity index (χ1v) is 9.30. The lowest BCUT2D eigenvalue weighted by molar-refractivity contribution is -0.142. The number of rotatable bonds is 4. The van der Waals surface area contributed by atoms with Gasteiger partial charge in [0.2, 0.25) is 5.88 Å². The van der Waals surface area contributed by atoms with Crippen LogP contribution in [0.15, 0.2) is 18.3 Å². The molecule has 1 aromatic heterocycles. The van der Waals surface area contributed by atoms with E-state index in [-0.39, 0.29) is 17.9 Å². The molecule has 3 unspecified atom stereocenters. The first-order valence-electron chi connectivity index (χ1n) is 9.30. The Labute approximate surface area is 147 Å². The van der Waals surface area contributed by atoms with E-state index in [9.17, 15) is 14.7 Å². The van der Waals surface area contributed by atoms with Gasteiger partial charge in [0, 0.05) is 18.8 Å². The van der Waals surface area contributed by atoms with Crippen molar-refractivity contribution in [2.24, 2.45) is 11.8 Å². The molecule has 0 radical (unpaired) electrons. The van der Waals surface area contributed by atoms with Gasteiger partial charge in [0.15, 0.2) is 0 Å². The van der Waals surface area contributed by atoms with Crippen LogP contribution in [0.1, 0.15) is 55.3 Å². The van der Waals surface area contributed by atoms with Crippen molar-refractivity contribution in [3.05, 3.63) is 23.9 Å². The van der Waals surface area contributed by atoms with Crippen LogP contribution >= 0.6 is 0 Å². The molecule has 1 aromatic rings. The van der Waals surface area contributed by atoms with Crippen molar-refractivity contribution in [3.63, 3.8) is 0 Å². The highest BCUT2D eigenvalue weighted by atomic mass is 16.5. The minimum Gasteiger partial charge on any atom is -0.480 e. The lowest BCUT2D eigenvalue weighted by atomic mass is 9.94. The molecule has 2 heterocycles. The van der Waals surface area contributed by atoms with Crippen LogP contribution in [0.2, 0.25) is 0 Å². The SMILES string of the molecule is O=C(O)C1C2CCCC2CN1C(=O)c1ccc(OC2CCCC2)nc1. The summed E-state index contributed by atoms with van der Waals surface area (Å²) < 4.78 is 5.83. The second-order valence-electron chi connectivity index (χ2n) is 7.50. The maximum absolute atomic E-state index is 12.8. The molecule has 3 atom stereocenters. The van der Waals surface area contributed by atoms with Gasteiger partial charge in [-0.25, -0.2) is 9.78 Å². The van der Waals surface area contributed by atoms with Crippen LogP contribution in [0.5, 0.6) is 5.88 Å². The molecule has 25 heavy (non-hydrogen) atoms. The predicted octanol–water partition coefficient (Wildman–Crippen LogP) is 2.73. The van der Waals surface area contributed by atoms with Gasteiger partial charge < -0.3 is 14.7 Å². The summed E-state index contributed by atoms with van der Waals surface area (Å²) in [5.41, 5.74) is 0.435. The van der Waals surface area contributed by atoms with Crippen LogP contribution in [0.25, 0.3) is 0 Å². The normalized spacial score (nSPS) is 29.0. The highest BCUT2D eigenvalue weighted by Crippen LogP contribution is 2.42. The average Bonchev–Trinajstić information content (AvgIpc) is 3.31. The number of carboxylic acids is 1. The van der Waals surface area contributed by atoms with Crippen LogP contribution < -0.4 is 4.74 Å². The number of nitrogens with zero attached hydrogens (tertiary/aromatic N) is 2. The van der Waals surface area contributed by atoms with E-state index in [0.29, 0.717) is 23.9 Å². The second kappa shape index (κ2) is 6.65. The minimum atomic E-state index is -0.892. The van der Waals surface area contributed by atoms with E-state index in [1.807, 2.05) is 0 Å². The number of hydrogen-bond donors (Lipinski definition) is 1. The Morgan fingerprint density at radius 2 is 1.92 bits per heavy atom. The van der Waals surface area contributed by atoms with Crippen LogP contribution in [-0.2, 0) is 4.79 Å². The summed E-state index contributed by atoms with van der Waals surface area (Å²) in [6, 6.07) is 2.72. The molecule has 1 amide bonds. The largest absolute Gasteiger partial charge is 0.480 e. The summed E-state index contributed by atoms with van der Waals surface area (Å²) in [6.07, 6.45) is 9.21. The van der Waals surface area contributed by atoms with Crippen LogP contribution in [0.4, 0.5) is 0 Å². The topological polar surface area (TPSA) is 79.7 Å². The molecule has 4 rings (SSSR count). The third kappa shape index (κ3) is 3.10. The smallest absolute Gasteiger partial charge is 0.326 e. The molecule has 1 saturated heterocycles. The summed E-state index contributed by atoms with van der Waals surface area (Å²) in [5.74, 6) is -0.169. The zero-order chi connectivity index (χ0) is 17.4. The molecule has 0 bridgehead atoms. The van der Waals surface area contributed by atoms with E-state index in [4.69, 9.17) is 4.74 Å². The van der Waals surface area contributed by atoms with Gasteiger partial charge >= 0.3 is 5.97 Å². The molecule has 6 heteroatoms. The van der Waals surface area contributed by atoms with Crippen LogP contribution in [0.3, 0.4) is 0 Å². The highest BCUT2D eigenvalue weighted by molar-refractivity contribution is 5.97. The Hall–Kier alpha value is -2.11. The van der Waals surface area contributed by atoms with Gasteiger partial charge in [-0.3, -0.25) is 4.79 Å². The van der Waals surface area contributed by atoms with Gasteiger partial charge in [-0.1, -0.05) is 6.42 Å². The van der Waals surface area contributed by atoms with Gasteiger partial charge in [0.25, 0.3) is 5.91 Å². The fraction of sp³-hybridized carbons (Fsp3) is 0.632. The number of pyridine rings is 1. The molecule has 6 nitrogen and oxygen atoms in total. The Kier molecular flexibility index (Phi) is 4.36. The van der Waals surface area contributed by atoms with E-state index in [1.165, 1.54) is 23.9 Å². The molecular formula is C19H24N2O4. The molecular weight excluding hydrogens is 320 g/mol. The first kappa shape index (κ1) is 16.4. The Balaban J connectivity index is 1.47. The number of carboxylic acid groups (broad SMARTS) is 1. The molecule has 2 aliphatic carbocycles. The standard InChI is InChI=1S/C19H24N2O4/c22-18(21-11-13-4-3-7-15(13)17(21)19(23)24)12-8-9-16(20-10-12)25-14-5-1-2-6-14/h8-10,13-15,17H,1-7,11H2,(H,23,24). The van der Waals surface area contributed by atoms with E-state index >= 15 is 0 Å². The van der Waals surface area contributed by atoms with Gasteiger partial charge in [-0.2, -0.15) is 0 Å². The van der Waals surface area contributed by atoms with Crippen molar-refractivity contribution in [3.8, 4) is 5.88 Å². The monoisotopic (exact) mass is 344 g/mol. The molecule has 3 fully saturated rings. The van der Waals surface area contributed by atoms with E-state index in [0.717, 1.165) is 32.1 Å². The molecule has 3 aliphatic rings. The third-order valence-electron chi connectivity index (χ3n) is 5.98. The fourth-order valence-electron chi connectivity index (χ4n) is 4.75. The number of aromatic nitrogens is 1. The number of hydrogen-bond acceptors (Lipinski definition) is 4. The zero-order valence-electron chi connectivity index (χ0n) is 14.3. The summed E-state index contributed by atoms with van der Waals surface area (Å²) >= 11 is 0. The van der Waals surface area contributed by atoms with Crippen LogP contribution in [0, 0.1) is 11.8 Å². The van der Waals surface area contributed by atoms with E-state index in [1.54, 1.807) is 12.1 Å². The Bertz CT molecular complexity index is 654. The Morgan fingerprint density at radius 3 is 2.60 bits per heavy atom. The number of ether oxygens (including phenoxy) is 1. The summed E-state index contributed by atoms with van der Waals surface area (Å²) in [7, 11) is 0. The van der Waals surface area contributed by atoms with Crippen LogP contribution in [-0.4, -0.2) is 45.6 Å². The van der Waals surface area contributed by atoms with Gasteiger partial charge in [-0.05, 0) is 56.4 Å². The molecule has 1 aliphatic heterocycles. The van der Waals surface area contributed by atoms with Crippen molar-refractivity contribution in [2.75, 3.05) is 6.54 Å². The van der Waals surface area contributed by atoms with Crippen molar-refractivity contribution < 1.29 is 19.4 Å².